The number of anilines is 2. The molecule has 0 aliphatic heterocycles. The Morgan fingerprint density at radius 3 is 2.14 bits per heavy atom. The highest BCUT2D eigenvalue weighted by Gasteiger charge is 2.09. The third-order valence-electron chi connectivity index (χ3n) is 4.66. The Labute approximate surface area is 170 Å². The number of hydrogen-bond acceptors (Lipinski definition) is 6. The normalized spacial score (nSPS) is 10.8. The lowest BCUT2D eigenvalue weighted by molar-refractivity contribution is 0.940. The number of hydrogen-bond donors (Lipinski definition) is 2. The van der Waals surface area contributed by atoms with E-state index >= 15 is 0 Å². The van der Waals surface area contributed by atoms with Gasteiger partial charge in [0.25, 0.3) is 0 Å². The van der Waals surface area contributed by atoms with Gasteiger partial charge < -0.3 is 10.6 Å². The predicted octanol–water partition coefficient (Wildman–Crippen LogP) is 4.15. The molecule has 0 atom stereocenters. The fourth-order valence-electron chi connectivity index (χ4n) is 3.37. The average Bonchev–Trinajstić information content (AvgIpc) is 2.72. The van der Waals surface area contributed by atoms with E-state index in [-0.39, 0.29) is 0 Å². The summed E-state index contributed by atoms with van der Waals surface area (Å²) in [7, 11) is 0. The van der Waals surface area contributed by atoms with Crippen LogP contribution in [0.1, 0.15) is 22.6 Å². The van der Waals surface area contributed by atoms with Crippen molar-refractivity contribution >= 4 is 22.5 Å². The van der Waals surface area contributed by atoms with Gasteiger partial charge in [-0.2, -0.15) is 5.10 Å². The van der Waals surface area contributed by atoms with Crippen molar-refractivity contribution in [3.8, 4) is 0 Å². The fourth-order valence-corrected chi connectivity index (χ4v) is 3.37. The molecule has 0 aliphatic carbocycles. The summed E-state index contributed by atoms with van der Waals surface area (Å²) in [6, 6.07) is 20.6. The molecule has 6 heteroatoms. The van der Waals surface area contributed by atoms with Gasteiger partial charge in [0, 0.05) is 41.7 Å². The van der Waals surface area contributed by atoms with Crippen LogP contribution in [-0.4, -0.2) is 33.3 Å². The third-order valence-corrected chi connectivity index (χ3v) is 4.66. The Bertz CT molecular complexity index is 1090. The van der Waals surface area contributed by atoms with Crippen LogP contribution in [0.5, 0.6) is 0 Å². The summed E-state index contributed by atoms with van der Waals surface area (Å²) in [5.74, 6) is 1.44. The monoisotopic (exact) mass is 384 g/mol. The van der Waals surface area contributed by atoms with Crippen LogP contribution in [0, 0.1) is 13.8 Å². The summed E-state index contributed by atoms with van der Waals surface area (Å²) in [6.45, 7) is 5.31. The van der Waals surface area contributed by atoms with Crippen LogP contribution in [0.2, 0.25) is 0 Å². The number of rotatable bonds is 7. The minimum atomic E-state index is 0.651. The van der Waals surface area contributed by atoms with E-state index in [2.05, 4.69) is 55.1 Å². The molecule has 0 fully saturated rings. The number of nitrogens with one attached hydrogen (secondary N) is 2. The van der Waals surface area contributed by atoms with Crippen LogP contribution in [0.4, 0.5) is 11.8 Å². The van der Waals surface area contributed by atoms with Gasteiger partial charge in [0.15, 0.2) is 5.82 Å². The Balaban J connectivity index is 1.46. The summed E-state index contributed by atoms with van der Waals surface area (Å²) in [5.41, 5.74) is 4.13. The highest BCUT2D eigenvalue weighted by atomic mass is 15.2. The molecule has 0 amide bonds. The molecule has 0 unspecified atom stereocenters. The molecule has 2 N–H and O–H groups in total. The maximum absolute atomic E-state index is 4.50. The van der Waals surface area contributed by atoms with Crippen molar-refractivity contribution < 1.29 is 0 Å². The second kappa shape index (κ2) is 8.65. The van der Waals surface area contributed by atoms with Crippen molar-refractivity contribution in [2.24, 2.45) is 0 Å². The molecular weight excluding hydrogens is 360 g/mol. The van der Waals surface area contributed by atoms with Crippen molar-refractivity contribution in [3.63, 3.8) is 0 Å². The third kappa shape index (κ3) is 4.66. The molecule has 0 aliphatic rings. The van der Waals surface area contributed by atoms with E-state index in [1.807, 2.05) is 50.2 Å². The molecule has 0 bridgehead atoms. The van der Waals surface area contributed by atoms with Gasteiger partial charge in [0.05, 0.1) is 5.69 Å². The summed E-state index contributed by atoms with van der Waals surface area (Å²) >= 11 is 0. The zero-order chi connectivity index (χ0) is 20.1. The first-order chi connectivity index (χ1) is 14.2. The summed E-state index contributed by atoms with van der Waals surface area (Å²) in [5, 5.41) is 17.8. The van der Waals surface area contributed by atoms with Crippen LogP contribution >= 0.6 is 0 Å². The van der Waals surface area contributed by atoms with Gasteiger partial charge in [-0.3, -0.25) is 0 Å². The van der Waals surface area contributed by atoms with Gasteiger partial charge in [-0.15, -0.1) is 5.10 Å². The molecule has 0 radical (unpaired) electrons. The van der Waals surface area contributed by atoms with Crippen molar-refractivity contribution in [3.05, 3.63) is 83.3 Å². The zero-order valence-corrected chi connectivity index (χ0v) is 16.7. The van der Waals surface area contributed by atoms with E-state index in [1.54, 1.807) is 0 Å². The highest BCUT2D eigenvalue weighted by molar-refractivity contribution is 5.93. The minimum Gasteiger partial charge on any atom is -0.366 e. The van der Waals surface area contributed by atoms with Crippen LogP contribution in [0.15, 0.2) is 60.7 Å². The molecule has 29 heavy (non-hydrogen) atoms. The molecule has 2 aromatic carbocycles. The Morgan fingerprint density at radius 2 is 1.38 bits per heavy atom. The zero-order valence-electron chi connectivity index (χ0n) is 16.7. The number of aromatic nitrogens is 4. The van der Waals surface area contributed by atoms with E-state index in [0.717, 1.165) is 40.1 Å². The average molecular weight is 384 g/mol. The lowest BCUT2D eigenvalue weighted by atomic mass is 10.0. The van der Waals surface area contributed by atoms with Gasteiger partial charge in [-0.25, -0.2) is 9.97 Å². The lowest BCUT2D eigenvalue weighted by Gasteiger charge is -2.12. The maximum atomic E-state index is 4.50. The molecule has 4 rings (SSSR count). The molecule has 0 saturated carbocycles. The first kappa shape index (κ1) is 18.8. The first-order valence-corrected chi connectivity index (χ1v) is 9.77. The molecule has 2 heterocycles. The SMILES string of the molecule is Cc1cc(C)nc(NCCNc2nnc(Cc3ccccc3)c3ccccc23)n1. The Hall–Kier alpha value is -3.54. The minimum absolute atomic E-state index is 0.651. The van der Waals surface area contributed by atoms with Crippen molar-refractivity contribution in [2.75, 3.05) is 23.7 Å². The predicted molar refractivity (Wildman–Crippen MR) is 117 cm³/mol. The number of fused-ring (bicyclic) bond motifs is 1. The van der Waals surface area contributed by atoms with Crippen LogP contribution < -0.4 is 10.6 Å². The van der Waals surface area contributed by atoms with Gasteiger partial charge in [0.1, 0.15) is 0 Å². The number of benzene rings is 2. The quantitative estimate of drug-likeness (QED) is 0.466. The molecule has 6 nitrogen and oxygen atoms in total. The molecule has 0 saturated heterocycles. The van der Waals surface area contributed by atoms with E-state index < -0.39 is 0 Å². The largest absolute Gasteiger partial charge is 0.366 e. The Kier molecular flexibility index (Phi) is 5.61. The Morgan fingerprint density at radius 1 is 0.724 bits per heavy atom. The first-order valence-electron chi connectivity index (χ1n) is 9.77. The molecule has 146 valence electrons. The standard InChI is InChI=1S/C23H24N6/c1-16-14-17(2)27-23(26-16)25-13-12-24-22-20-11-7-6-10-19(20)21(28-29-22)15-18-8-4-3-5-9-18/h3-11,14H,12-13,15H2,1-2H3,(H,24,29)(H,25,26,27). The molecule has 0 spiro atoms. The maximum Gasteiger partial charge on any atom is 0.223 e. The highest BCUT2D eigenvalue weighted by Crippen LogP contribution is 2.24. The van der Waals surface area contributed by atoms with Gasteiger partial charge in [-0.1, -0.05) is 54.6 Å². The van der Waals surface area contributed by atoms with E-state index in [0.29, 0.717) is 19.0 Å². The lowest BCUT2D eigenvalue weighted by Crippen LogP contribution is -2.17. The number of aryl methyl sites for hydroxylation is 2. The van der Waals surface area contributed by atoms with Crippen molar-refractivity contribution in [2.45, 2.75) is 20.3 Å². The van der Waals surface area contributed by atoms with Crippen LogP contribution in [-0.2, 0) is 6.42 Å². The second-order valence-corrected chi connectivity index (χ2v) is 7.03. The summed E-state index contributed by atoms with van der Waals surface area (Å²) < 4.78 is 0. The molecular formula is C23H24N6. The molecule has 2 aromatic heterocycles. The van der Waals surface area contributed by atoms with Crippen LogP contribution in [0.3, 0.4) is 0 Å². The van der Waals surface area contributed by atoms with Crippen molar-refractivity contribution in [1.29, 1.82) is 0 Å². The van der Waals surface area contributed by atoms with Gasteiger partial charge in [-0.05, 0) is 25.5 Å². The smallest absolute Gasteiger partial charge is 0.223 e. The van der Waals surface area contributed by atoms with Crippen LogP contribution in [0.25, 0.3) is 10.8 Å². The van der Waals surface area contributed by atoms with E-state index in [4.69, 9.17) is 0 Å². The fraction of sp³-hybridized carbons (Fsp3) is 0.217. The second-order valence-electron chi connectivity index (χ2n) is 7.03. The van der Waals surface area contributed by atoms with Crippen molar-refractivity contribution in [1.82, 2.24) is 20.2 Å². The summed E-state index contributed by atoms with van der Waals surface area (Å²) in [6.07, 6.45) is 0.764. The van der Waals surface area contributed by atoms with Gasteiger partial charge >= 0.3 is 0 Å². The summed E-state index contributed by atoms with van der Waals surface area (Å²) in [4.78, 5) is 8.80. The topological polar surface area (TPSA) is 75.6 Å². The van der Waals surface area contributed by atoms with E-state index in [1.165, 1.54) is 5.56 Å². The van der Waals surface area contributed by atoms with Gasteiger partial charge in [0.2, 0.25) is 5.95 Å². The van der Waals surface area contributed by atoms with E-state index in [9.17, 15) is 0 Å². The molecule has 4 aromatic rings. The number of nitrogens with zero attached hydrogens (tertiary/aromatic N) is 4.